The van der Waals surface area contributed by atoms with Crippen molar-refractivity contribution in [3.05, 3.63) is 94.5 Å². The maximum Gasteiger partial charge on any atom is 0.261 e. The molecule has 0 saturated carbocycles. The fraction of sp³-hybridized carbons (Fsp3) is 0.207. The van der Waals surface area contributed by atoms with Crippen molar-refractivity contribution in [1.29, 1.82) is 0 Å². The highest BCUT2D eigenvalue weighted by atomic mass is 16.5. The van der Waals surface area contributed by atoms with Gasteiger partial charge in [0.05, 0.1) is 34.2 Å². The smallest absolute Gasteiger partial charge is 0.261 e. The zero-order valence-electron chi connectivity index (χ0n) is 21.4. The number of nitrogens with zero attached hydrogens (tertiary/aromatic N) is 1. The largest absolute Gasteiger partial charge is 0.497 e. The first-order valence-corrected chi connectivity index (χ1v) is 11.5. The van der Waals surface area contributed by atoms with E-state index >= 15 is 0 Å². The van der Waals surface area contributed by atoms with Gasteiger partial charge in [-0.25, -0.2) is 0 Å². The number of ether oxygens (including phenoxy) is 4. The second kappa shape index (κ2) is 11.0. The van der Waals surface area contributed by atoms with Crippen LogP contribution in [-0.2, 0) is 19.1 Å². The molecule has 1 amide bonds. The summed E-state index contributed by atoms with van der Waals surface area (Å²) in [5, 5.41) is 2.85. The molecule has 0 spiro atoms. The number of anilines is 1. The van der Waals surface area contributed by atoms with Crippen molar-refractivity contribution in [2.75, 3.05) is 40.3 Å². The molecule has 0 bridgehead atoms. The number of fused-ring (bicyclic) bond motifs is 1. The quantitative estimate of drug-likeness (QED) is 0.574. The Morgan fingerprint density at radius 2 is 1.57 bits per heavy atom. The van der Waals surface area contributed by atoms with Crippen LogP contribution in [0.15, 0.2) is 88.3 Å². The van der Waals surface area contributed by atoms with E-state index in [9.17, 15) is 9.59 Å². The summed E-state index contributed by atoms with van der Waals surface area (Å²) in [5.74, 6) is 1.16. The average molecular weight is 501 g/mol. The average Bonchev–Trinajstić information content (AvgIpc) is 3.17. The van der Waals surface area contributed by atoms with E-state index < -0.39 is 0 Å². The molecule has 0 radical (unpaired) electrons. The third kappa shape index (κ3) is 5.33. The van der Waals surface area contributed by atoms with E-state index in [4.69, 9.17) is 18.9 Å². The molecule has 0 aromatic heterocycles. The highest BCUT2D eigenvalue weighted by Gasteiger charge is 2.27. The van der Waals surface area contributed by atoms with Gasteiger partial charge in [0, 0.05) is 17.3 Å². The molecule has 0 fully saturated rings. The molecule has 0 aliphatic heterocycles. The summed E-state index contributed by atoms with van der Waals surface area (Å²) in [6.07, 6.45) is 5.29. The minimum Gasteiger partial charge on any atom is -0.497 e. The van der Waals surface area contributed by atoms with E-state index in [0.717, 1.165) is 27.8 Å². The van der Waals surface area contributed by atoms with Crippen LogP contribution >= 0.6 is 0 Å². The van der Waals surface area contributed by atoms with Gasteiger partial charge in [-0.2, -0.15) is 0 Å². The molecule has 4 rings (SSSR count). The molecule has 2 aliphatic carbocycles. The number of hydrogen-bond acceptors (Lipinski definition) is 7. The van der Waals surface area contributed by atoms with Crippen molar-refractivity contribution in [2.45, 2.75) is 6.92 Å². The van der Waals surface area contributed by atoms with E-state index in [-0.39, 0.29) is 29.8 Å². The summed E-state index contributed by atoms with van der Waals surface area (Å²) in [6, 6.07) is 12.9. The Bertz CT molecular complexity index is 1390. The molecule has 0 saturated heterocycles. The first kappa shape index (κ1) is 25.5. The van der Waals surface area contributed by atoms with Crippen LogP contribution in [0.25, 0.3) is 5.57 Å². The van der Waals surface area contributed by atoms with Crippen LogP contribution in [0.2, 0.25) is 0 Å². The van der Waals surface area contributed by atoms with E-state index in [1.165, 1.54) is 14.2 Å². The number of methoxy groups -OCH3 is 4. The Labute approximate surface area is 215 Å². The normalized spacial score (nSPS) is 15.6. The maximum absolute atomic E-state index is 12.7. The summed E-state index contributed by atoms with van der Waals surface area (Å²) in [7, 11) is 6.07. The summed E-state index contributed by atoms with van der Waals surface area (Å²) in [4.78, 5) is 29.7. The lowest BCUT2D eigenvalue weighted by Crippen LogP contribution is -2.16. The predicted molar refractivity (Wildman–Crippen MR) is 142 cm³/mol. The van der Waals surface area contributed by atoms with Gasteiger partial charge >= 0.3 is 0 Å². The minimum atomic E-state index is -0.311. The number of Topliss-reactive ketones (excluding diaryl/α,β-unsaturated/α-hetero) is 1. The number of rotatable bonds is 8. The second-order valence-corrected chi connectivity index (χ2v) is 8.29. The van der Waals surface area contributed by atoms with Gasteiger partial charge in [-0.05, 0) is 71.7 Å². The second-order valence-electron chi connectivity index (χ2n) is 8.29. The summed E-state index contributed by atoms with van der Waals surface area (Å²) in [5.41, 5.74) is 5.66. The molecule has 2 aromatic rings. The van der Waals surface area contributed by atoms with Gasteiger partial charge in [0.2, 0.25) is 5.91 Å². The van der Waals surface area contributed by atoms with Gasteiger partial charge in [0.25, 0.3) is 5.78 Å². The van der Waals surface area contributed by atoms with Gasteiger partial charge in [-0.1, -0.05) is 12.1 Å². The van der Waals surface area contributed by atoms with Crippen molar-refractivity contribution in [3.8, 4) is 11.5 Å². The predicted octanol–water partition coefficient (Wildman–Crippen LogP) is 4.49. The maximum atomic E-state index is 12.7. The van der Waals surface area contributed by atoms with E-state index in [0.29, 0.717) is 22.9 Å². The Morgan fingerprint density at radius 3 is 2.22 bits per heavy atom. The molecule has 0 atom stereocenters. The molecule has 0 heterocycles. The first-order chi connectivity index (χ1) is 17.9. The molecule has 0 unspecified atom stereocenters. The van der Waals surface area contributed by atoms with Gasteiger partial charge in [0.15, 0.2) is 11.5 Å². The van der Waals surface area contributed by atoms with Crippen molar-refractivity contribution in [2.24, 2.45) is 4.99 Å². The van der Waals surface area contributed by atoms with E-state index in [1.807, 2.05) is 31.2 Å². The van der Waals surface area contributed by atoms with E-state index in [2.05, 4.69) is 10.3 Å². The van der Waals surface area contributed by atoms with Gasteiger partial charge in [-0.3, -0.25) is 14.6 Å². The van der Waals surface area contributed by atoms with Crippen LogP contribution in [0.3, 0.4) is 0 Å². The van der Waals surface area contributed by atoms with Crippen molar-refractivity contribution >= 4 is 28.7 Å². The third-order valence-corrected chi connectivity index (χ3v) is 6.06. The number of aliphatic imine (C=N–C) groups is 1. The highest BCUT2D eigenvalue weighted by Crippen LogP contribution is 2.37. The fourth-order valence-corrected chi connectivity index (χ4v) is 4.20. The van der Waals surface area contributed by atoms with Crippen molar-refractivity contribution in [1.82, 2.24) is 0 Å². The third-order valence-electron chi connectivity index (χ3n) is 6.06. The lowest BCUT2D eigenvalue weighted by Gasteiger charge is -2.14. The summed E-state index contributed by atoms with van der Waals surface area (Å²) >= 11 is 0. The molecule has 1 N–H and O–H groups in total. The number of carbonyl (C=O) groups excluding carboxylic acids is 2. The zero-order valence-corrected chi connectivity index (χ0v) is 21.4. The molecule has 2 aliphatic rings. The Balaban J connectivity index is 1.69. The SMILES string of the molecule is COC1=CC(=CC2=C(C)C(=NCC(=O)Nc3cccc(OC)c3)c3cc(OC)ccc32)C=C(OC)C1=O. The lowest BCUT2D eigenvalue weighted by molar-refractivity contribution is -0.118. The number of hydrogen-bond donors (Lipinski definition) is 1. The number of nitrogens with one attached hydrogen (secondary N) is 1. The number of carbonyl (C=O) groups is 2. The van der Waals surface area contributed by atoms with Crippen molar-refractivity contribution < 1.29 is 28.5 Å². The number of ketones is 1. The van der Waals surface area contributed by atoms with Crippen LogP contribution < -0.4 is 14.8 Å². The van der Waals surface area contributed by atoms with Crippen molar-refractivity contribution in [3.63, 3.8) is 0 Å². The van der Waals surface area contributed by atoms with Crippen LogP contribution in [0.1, 0.15) is 18.1 Å². The van der Waals surface area contributed by atoms with Crippen LogP contribution in [-0.4, -0.2) is 52.4 Å². The lowest BCUT2D eigenvalue weighted by atomic mass is 9.99. The molecule has 8 nitrogen and oxygen atoms in total. The highest BCUT2D eigenvalue weighted by molar-refractivity contribution is 6.25. The molecular weight excluding hydrogens is 472 g/mol. The summed E-state index contributed by atoms with van der Waals surface area (Å²) in [6.45, 7) is 1.88. The molecule has 190 valence electrons. The van der Waals surface area contributed by atoms with Gasteiger partial charge < -0.3 is 24.3 Å². The Morgan fingerprint density at radius 1 is 0.892 bits per heavy atom. The standard InChI is InChI=1S/C29H28N2O6/c1-17-23(11-18-12-25(36-4)29(33)26(13-18)37-5)22-10-9-21(35-3)15-24(22)28(17)30-16-27(32)31-19-7-6-8-20(14-19)34-2/h6-15H,16H2,1-5H3,(H,31,32). The van der Waals surface area contributed by atoms with Gasteiger partial charge in [-0.15, -0.1) is 0 Å². The molecule has 2 aromatic carbocycles. The first-order valence-electron chi connectivity index (χ1n) is 11.5. The zero-order chi connectivity index (χ0) is 26.5. The molecule has 37 heavy (non-hydrogen) atoms. The Hall–Kier alpha value is -4.59. The van der Waals surface area contributed by atoms with Crippen LogP contribution in [0.5, 0.6) is 11.5 Å². The number of allylic oxidation sites excluding steroid dienone is 6. The molecule has 8 heteroatoms. The Kier molecular flexibility index (Phi) is 7.57. The number of benzene rings is 2. The van der Waals surface area contributed by atoms with Gasteiger partial charge in [0.1, 0.15) is 18.0 Å². The van der Waals surface area contributed by atoms with E-state index in [1.54, 1.807) is 50.6 Å². The monoisotopic (exact) mass is 500 g/mol. The van der Waals surface area contributed by atoms with Crippen LogP contribution in [0.4, 0.5) is 5.69 Å². The number of amides is 1. The fourth-order valence-electron chi connectivity index (χ4n) is 4.20. The summed E-state index contributed by atoms with van der Waals surface area (Å²) < 4.78 is 21.1. The topological polar surface area (TPSA) is 95.5 Å². The molecular formula is C29H28N2O6. The minimum absolute atomic E-state index is 0.0691. The van der Waals surface area contributed by atoms with Crippen LogP contribution in [0, 0.1) is 0 Å².